The maximum Gasteiger partial charge on any atom is 0.336 e. The summed E-state index contributed by atoms with van der Waals surface area (Å²) in [6.45, 7) is 3.35. The Morgan fingerprint density at radius 3 is 1.92 bits per heavy atom. The standard InChI is InChI=1S/C40H49N3O9/c1-2-3-4-5-6-7-10-19-41-36(46)25-51-26-37(47)42-20-11-8-9-12-21-43-39(48)27-13-16-30(33(22-27)40(49)50)38-31-17-14-28(44)23-34(31)52-35-24-29(45)15-18-32(35)38/h13-18,22-24,44H,2-12,19-21,25-26H2,1H3,(H,41,46)(H,42,47)(H,43,48)(H,49,50). The average Bonchev–Trinajstić information content (AvgIpc) is 3.12. The monoisotopic (exact) mass is 715 g/mol. The van der Waals surface area contributed by atoms with Crippen molar-refractivity contribution in [2.75, 3.05) is 32.8 Å². The molecular formula is C40H49N3O9. The van der Waals surface area contributed by atoms with Crippen LogP contribution in [0.15, 0.2) is 63.8 Å². The van der Waals surface area contributed by atoms with Gasteiger partial charge in [0.25, 0.3) is 5.91 Å². The number of nitrogens with one attached hydrogen (secondary N) is 3. The van der Waals surface area contributed by atoms with Crippen molar-refractivity contribution in [2.24, 2.45) is 0 Å². The number of hydrogen-bond donors (Lipinski definition) is 5. The highest BCUT2D eigenvalue weighted by atomic mass is 16.5. The summed E-state index contributed by atoms with van der Waals surface area (Å²) in [4.78, 5) is 61.3. The SMILES string of the molecule is CCCCCCCCCNC(=O)COCC(=O)NCCCCCCNC(=O)c1ccc(-c2c3ccc(=O)cc-3oc3cc(O)ccc23)c(C(=O)O)c1. The number of aromatic carboxylic acids is 1. The third-order valence-corrected chi connectivity index (χ3v) is 8.74. The van der Waals surface area contributed by atoms with E-state index in [0.717, 1.165) is 32.1 Å². The number of carbonyl (C=O) groups excluding carboxylic acids is 3. The number of carboxylic acids is 1. The molecule has 0 saturated carbocycles. The molecule has 1 aliphatic carbocycles. The summed E-state index contributed by atoms with van der Waals surface area (Å²) in [5.74, 6) is -1.96. The van der Waals surface area contributed by atoms with Gasteiger partial charge in [0, 0.05) is 53.8 Å². The number of hydrogen-bond acceptors (Lipinski definition) is 8. The van der Waals surface area contributed by atoms with Crippen LogP contribution in [-0.2, 0) is 14.3 Å². The summed E-state index contributed by atoms with van der Waals surface area (Å²) in [6.07, 6.45) is 11.3. The smallest absolute Gasteiger partial charge is 0.336 e. The van der Waals surface area contributed by atoms with E-state index in [0.29, 0.717) is 48.1 Å². The van der Waals surface area contributed by atoms with Gasteiger partial charge < -0.3 is 35.3 Å². The summed E-state index contributed by atoms with van der Waals surface area (Å²) in [5.41, 5.74) is 1.41. The minimum atomic E-state index is -1.23. The quantitative estimate of drug-likeness (QED) is 0.0463. The van der Waals surface area contributed by atoms with E-state index in [-0.39, 0.29) is 58.7 Å². The number of ether oxygens (including phenoxy) is 1. The van der Waals surface area contributed by atoms with Gasteiger partial charge in [0.2, 0.25) is 11.8 Å². The number of fused-ring (bicyclic) bond motifs is 2. The summed E-state index contributed by atoms with van der Waals surface area (Å²) in [6, 6.07) is 13.2. The minimum absolute atomic E-state index is 0.0508. The largest absolute Gasteiger partial charge is 0.508 e. The number of phenolic OH excluding ortho intramolecular Hbond substituents is 1. The van der Waals surface area contributed by atoms with Crippen molar-refractivity contribution in [3.63, 3.8) is 0 Å². The van der Waals surface area contributed by atoms with Gasteiger partial charge in [-0.1, -0.05) is 64.4 Å². The van der Waals surface area contributed by atoms with Gasteiger partial charge in [-0.05, 0) is 61.2 Å². The molecule has 0 radical (unpaired) electrons. The van der Waals surface area contributed by atoms with E-state index in [4.69, 9.17) is 9.15 Å². The molecule has 1 aliphatic heterocycles. The molecule has 0 spiro atoms. The van der Waals surface area contributed by atoms with E-state index >= 15 is 0 Å². The molecule has 5 N–H and O–H groups in total. The number of carbonyl (C=O) groups is 4. The van der Waals surface area contributed by atoms with Crippen LogP contribution in [0.1, 0.15) is 98.3 Å². The molecule has 52 heavy (non-hydrogen) atoms. The van der Waals surface area contributed by atoms with E-state index in [1.165, 1.54) is 62.4 Å². The van der Waals surface area contributed by atoms with Crippen molar-refractivity contribution in [3.8, 4) is 28.2 Å². The van der Waals surface area contributed by atoms with E-state index in [9.17, 15) is 34.2 Å². The van der Waals surface area contributed by atoms with Crippen LogP contribution in [0.5, 0.6) is 5.75 Å². The number of benzene rings is 3. The van der Waals surface area contributed by atoms with E-state index in [2.05, 4.69) is 22.9 Å². The maximum absolute atomic E-state index is 13.0. The van der Waals surface area contributed by atoms with Gasteiger partial charge in [-0.15, -0.1) is 0 Å². The molecule has 0 atom stereocenters. The van der Waals surface area contributed by atoms with Crippen molar-refractivity contribution in [1.29, 1.82) is 0 Å². The molecule has 3 amide bonds. The molecule has 0 unspecified atom stereocenters. The summed E-state index contributed by atoms with van der Waals surface area (Å²) >= 11 is 0. The Balaban J connectivity index is 1.16. The minimum Gasteiger partial charge on any atom is -0.508 e. The predicted octanol–water partition coefficient (Wildman–Crippen LogP) is 6.26. The lowest BCUT2D eigenvalue weighted by Crippen LogP contribution is -2.32. The number of rotatable bonds is 22. The Bertz CT molecular complexity index is 1850. The first-order chi connectivity index (χ1) is 25.2. The summed E-state index contributed by atoms with van der Waals surface area (Å²) < 4.78 is 11.1. The first kappa shape index (κ1) is 39.6. The Hall–Kier alpha value is -5.23. The lowest BCUT2D eigenvalue weighted by molar-refractivity contribution is -0.130. The zero-order chi connectivity index (χ0) is 37.3. The molecule has 2 aliphatic rings. The van der Waals surface area contributed by atoms with Crippen molar-refractivity contribution < 1.29 is 38.5 Å². The number of aromatic hydroxyl groups is 1. The first-order valence-corrected chi connectivity index (χ1v) is 18.1. The van der Waals surface area contributed by atoms with E-state index < -0.39 is 11.9 Å². The van der Waals surface area contributed by atoms with Crippen LogP contribution >= 0.6 is 0 Å². The van der Waals surface area contributed by atoms with E-state index in [1.807, 2.05) is 0 Å². The molecule has 0 aromatic heterocycles. The molecule has 12 nitrogen and oxygen atoms in total. The number of phenols is 1. The van der Waals surface area contributed by atoms with Crippen LogP contribution in [0, 0.1) is 0 Å². The molecule has 2 aromatic carbocycles. The van der Waals surface area contributed by atoms with Gasteiger partial charge in [-0.25, -0.2) is 4.79 Å². The Morgan fingerprint density at radius 2 is 1.29 bits per heavy atom. The highest BCUT2D eigenvalue weighted by Gasteiger charge is 2.23. The van der Waals surface area contributed by atoms with Gasteiger partial charge in [0.1, 0.15) is 30.3 Å². The van der Waals surface area contributed by atoms with Gasteiger partial charge in [-0.3, -0.25) is 19.2 Å². The average molecular weight is 716 g/mol. The van der Waals surface area contributed by atoms with Crippen molar-refractivity contribution >= 4 is 34.7 Å². The topological polar surface area (TPSA) is 184 Å². The van der Waals surface area contributed by atoms with Crippen LogP contribution in [-0.4, -0.2) is 66.8 Å². The molecule has 0 bridgehead atoms. The van der Waals surface area contributed by atoms with Crippen LogP contribution in [0.4, 0.5) is 0 Å². The van der Waals surface area contributed by atoms with Crippen LogP contribution in [0.3, 0.4) is 0 Å². The van der Waals surface area contributed by atoms with Gasteiger partial charge in [0.15, 0.2) is 5.43 Å². The highest BCUT2D eigenvalue weighted by molar-refractivity contribution is 6.09. The molecule has 1 heterocycles. The number of carboxylic acid groups (broad SMARTS) is 1. The lowest BCUT2D eigenvalue weighted by atomic mass is 9.90. The molecule has 12 heteroatoms. The third kappa shape index (κ3) is 11.9. The Morgan fingerprint density at radius 1 is 0.692 bits per heavy atom. The first-order valence-electron chi connectivity index (χ1n) is 18.1. The second-order valence-corrected chi connectivity index (χ2v) is 12.9. The molecular weight excluding hydrogens is 666 g/mol. The summed E-state index contributed by atoms with van der Waals surface area (Å²) in [5, 5.41) is 29.1. The zero-order valence-electron chi connectivity index (χ0n) is 29.8. The van der Waals surface area contributed by atoms with Crippen LogP contribution in [0.2, 0.25) is 0 Å². The van der Waals surface area contributed by atoms with Crippen molar-refractivity contribution in [2.45, 2.75) is 77.6 Å². The van der Waals surface area contributed by atoms with E-state index in [1.54, 1.807) is 24.3 Å². The zero-order valence-corrected chi connectivity index (χ0v) is 29.8. The number of unbranched alkanes of at least 4 members (excludes halogenated alkanes) is 9. The maximum atomic E-state index is 13.0. The summed E-state index contributed by atoms with van der Waals surface area (Å²) in [7, 11) is 0. The molecule has 2 aromatic rings. The second kappa shape index (κ2) is 20.6. The highest BCUT2D eigenvalue weighted by Crippen LogP contribution is 2.42. The molecule has 0 fully saturated rings. The normalized spacial score (nSPS) is 11.1. The van der Waals surface area contributed by atoms with Gasteiger partial charge in [-0.2, -0.15) is 0 Å². The van der Waals surface area contributed by atoms with Gasteiger partial charge in [0.05, 0.1) is 5.56 Å². The molecule has 0 saturated heterocycles. The molecule has 278 valence electrons. The Labute approximate surface area is 303 Å². The second-order valence-electron chi connectivity index (χ2n) is 12.9. The fourth-order valence-corrected chi connectivity index (χ4v) is 6.01. The fourth-order valence-electron chi connectivity index (χ4n) is 6.01. The van der Waals surface area contributed by atoms with Gasteiger partial charge >= 0.3 is 5.97 Å². The predicted molar refractivity (Wildman–Crippen MR) is 199 cm³/mol. The van der Waals surface area contributed by atoms with Crippen molar-refractivity contribution in [3.05, 3.63) is 75.9 Å². The van der Waals surface area contributed by atoms with Crippen LogP contribution < -0.4 is 21.4 Å². The lowest BCUT2D eigenvalue weighted by Gasteiger charge is -2.17. The Kier molecular flexibility index (Phi) is 15.7. The van der Waals surface area contributed by atoms with Crippen molar-refractivity contribution in [1.82, 2.24) is 16.0 Å². The third-order valence-electron chi connectivity index (χ3n) is 8.74. The number of amides is 3. The molecule has 4 rings (SSSR count). The fraction of sp³-hybridized carbons (Fsp3) is 0.425. The van der Waals surface area contributed by atoms with Crippen LogP contribution in [0.25, 0.3) is 33.4 Å².